The Balaban J connectivity index is 4.25. The van der Waals surface area contributed by atoms with Crippen LogP contribution in [0.4, 0.5) is 0 Å². The lowest BCUT2D eigenvalue weighted by Crippen LogP contribution is -2.47. The van der Waals surface area contributed by atoms with Crippen molar-refractivity contribution in [3.05, 3.63) is 0 Å². The van der Waals surface area contributed by atoms with Gasteiger partial charge in [-0.1, -0.05) is 13.8 Å². The number of nitrogens with one attached hydrogen (secondary N) is 1. The second-order valence-electron chi connectivity index (χ2n) is 3.95. The van der Waals surface area contributed by atoms with Gasteiger partial charge in [0.1, 0.15) is 0 Å². The van der Waals surface area contributed by atoms with E-state index in [0.717, 1.165) is 0 Å². The average Bonchev–Trinajstić information content (AvgIpc) is 2.22. The van der Waals surface area contributed by atoms with Gasteiger partial charge in [0.2, 0.25) is 0 Å². The lowest BCUT2D eigenvalue weighted by molar-refractivity contribution is -0.146. The van der Waals surface area contributed by atoms with Crippen molar-refractivity contribution < 1.29 is 9.59 Å². The van der Waals surface area contributed by atoms with Crippen LogP contribution in [-0.4, -0.2) is 42.9 Å². The number of nitrogens with two attached hydrogens (primary N) is 1. The molecule has 0 saturated carbocycles. The summed E-state index contributed by atoms with van der Waals surface area (Å²) in [5.74, 6) is -0.777. The van der Waals surface area contributed by atoms with Crippen LogP contribution in [0.5, 0.6) is 0 Å². The van der Waals surface area contributed by atoms with Crippen molar-refractivity contribution in [3.8, 4) is 0 Å². The summed E-state index contributed by atoms with van der Waals surface area (Å²) in [7, 11) is 1.63. The quantitative estimate of drug-likeness (QED) is 0.624. The summed E-state index contributed by atoms with van der Waals surface area (Å²) in [5.41, 5.74) is 5.22. The molecule has 1 atom stereocenters. The summed E-state index contributed by atoms with van der Waals surface area (Å²) in [6.07, 6.45) is 0. The number of hydrogen-bond acceptors (Lipinski definition) is 3. The molecule has 0 aromatic heterocycles. The maximum absolute atomic E-state index is 11.6. The highest BCUT2D eigenvalue weighted by atomic mass is 16.2. The first-order chi connectivity index (χ1) is 6.91. The van der Waals surface area contributed by atoms with Crippen LogP contribution in [0.15, 0.2) is 0 Å². The molecule has 0 aliphatic rings. The maximum Gasteiger partial charge on any atom is 0.311 e. The van der Waals surface area contributed by atoms with E-state index < -0.39 is 11.8 Å². The Kier molecular flexibility index (Phi) is 5.93. The first-order valence-electron chi connectivity index (χ1n) is 5.16. The number of rotatable bonds is 4. The molecule has 0 spiro atoms. The largest absolute Gasteiger partial charge is 0.347 e. The van der Waals surface area contributed by atoms with E-state index in [0.29, 0.717) is 19.0 Å². The highest BCUT2D eigenvalue weighted by Gasteiger charge is 2.23. The standard InChI is InChI=1S/C10H21N3O2/c1-7(2)8(3)13(4)10(15)9(14)12-6-5-11/h7-8H,5-6,11H2,1-4H3,(H,12,14). The van der Waals surface area contributed by atoms with E-state index in [1.165, 1.54) is 4.90 Å². The Morgan fingerprint density at radius 1 is 1.33 bits per heavy atom. The van der Waals surface area contributed by atoms with E-state index >= 15 is 0 Å². The Labute approximate surface area is 91.0 Å². The van der Waals surface area contributed by atoms with Gasteiger partial charge in [-0.25, -0.2) is 0 Å². The zero-order valence-corrected chi connectivity index (χ0v) is 9.91. The Morgan fingerprint density at radius 3 is 2.27 bits per heavy atom. The summed E-state index contributed by atoms with van der Waals surface area (Å²) in [6, 6.07) is 0.0427. The second-order valence-corrected chi connectivity index (χ2v) is 3.95. The van der Waals surface area contributed by atoms with Crippen molar-refractivity contribution in [1.29, 1.82) is 0 Å². The third kappa shape index (κ3) is 4.29. The number of amides is 2. The molecule has 2 amide bonds. The molecule has 1 unspecified atom stereocenters. The number of carbonyl (C=O) groups excluding carboxylic acids is 2. The summed E-state index contributed by atoms with van der Waals surface area (Å²) in [5, 5.41) is 2.45. The number of hydrogen-bond donors (Lipinski definition) is 2. The molecule has 3 N–H and O–H groups in total. The van der Waals surface area contributed by atoms with Gasteiger partial charge in [0.15, 0.2) is 0 Å². The molecule has 0 radical (unpaired) electrons. The minimum absolute atomic E-state index is 0.0427. The van der Waals surface area contributed by atoms with Crippen molar-refractivity contribution in [3.63, 3.8) is 0 Å². The fourth-order valence-corrected chi connectivity index (χ4v) is 1.05. The van der Waals surface area contributed by atoms with Gasteiger partial charge < -0.3 is 16.0 Å². The molecule has 0 fully saturated rings. The van der Waals surface area contributed by atoms with Crippen LogP contribution in [0.1, 0.15) is 20.8 Å². The van der Waals surface area contributed by atoms with E-state index in [4.69, 9.17) is 5.73 Å². The lowest BCUT2D eigenvalue weighted by Gasteiger charge is -2.27. The average molecular weight is 215 g/mol. The zero-order chi connectivity index (χ0) is 12.0. The number of likely N-dealkylation sites (N-methyl/N-ethyl adjacent to an activating group) is 1. The number of carbonyl (C=O) groups is 2. The Morgan fingerprint density at radius 2 is 1.87 bits per heavy atom. The van der Waals surface area contributed by atoms with Crippen LogP contribution < -0.4 is 11.1 Å². The van der Waals surface area contributed by atoms with Crippen LogP contribution in [0.3, 0.4) is 0 Å². The molecule has 15 heavy (non-hydrogen) atoms. The Bertz CT molecular complexity index is 229. The van der Waals surface area contributed by atoms with Crippen LogP contribution in [0, 0.1) is 5.92 Å². The van der Waals surface area contributed by atoms with Gasteiger partial charge >= 0.3 is 11.8 Å². The Hall–Kier alpha value is -1.10. The fourth-order valence-electron chi connectivity index (χ4n) is 1.05. The van der Waals surface area contributed by atoms with Crippen LogP contribution in [-0.2, 0) is 9.59 Å². The van der Waals surface area contributed by atoms with Gasteiger partial charge in [-0.2, -0.15) is 0 Å². The van der Waals surface area contributed by atoms with Crippen LogP contribution in [0.2, 0.25) is 0 Å². The monoisotopic (exact) mass is 215 g/mol. The van der Waals surface area contributed by atoms with Gasteiger partial charge in [0, 0.05) is 26.2 Å². The SMILES string of the molecule is CC(C)C(C)N(C)C(=O)C(=O)NCCN. The summed E-state index contributed by atoms with van der Waals surface area (Å²) in [6.45, 7) is 6.59. The van der Waals surface area contributed by atoms with E-state index in [1.54, 1.807) is 7.05 Å². The van der Waals surface area contributed by atoms with Crippen LogP contribution >= 0.6 is 0 Å². The van der Waals surface area contributed by atoms with Crippen molar-refractivity contribution in [2.45, 2.75) is 26.8 Å². The van der Waals surface area contributed by atoms with Crippen molar-refractivity contribution >= 4 is 11.8 Å². The van der Waals surface area contributed by atoms with Crippen LogP contribution in [0.25, 0.3) is 0 Å². The number of nitrogens with zero attached hydrogens (tertiary/aromatic N) is 1. The minimum atomic E-state index is -0.588. The maximum atomic E-state index is 11.6. The highest BCUT2D eigenvalue weighted by Crippen LogP contribution is 2.07. The molecule has 0 aromatic carbocycles. The molecule has 5 heteroatoms. The first-order valence-corrected chi connectivity index (χ1v) is 5.16. The topological polar surface area (TPSA) is 75.4 Å². The van der Waals surface area contributed by atoms with Crippen molar-refractivity contribution in [1.82, 2.24) is 10.2 Å². The zero-order valence-electron chi connectivity index (χ0n) is 9.91. The molecule has 0 aromatic rings. The van der Waals surface area contributed by atoms with Gasteiger partial charge in [-0.3, -0.25) is 9.59 Å². The predicted octanol–water partition coefficient (Wildman–Crippen LogP) is -0.436. The normalized spacial score (nSPS) is 12.4. The van der Waals surface area contributed by atoms with E-state index in [1.807, 2.05) is 20.8 Å². The molecular formula is C10H21N3O2. The first kappa shape index (κ1) is 13.9. The molecule has 0 heterocycles. The van der Waals surface area contributed by atoms with Gasteiger partial charge in [0.25, 0.3) is 0 Å². The predicted molar refractivity (Wildman–Crippen MR) is 59.1 cm³/mol. The molecule has 88 valence electrons. The molecular weight excluding hydrogens is 194 g/mol. The summed E-state index contributed by atoms with van der Waals surface area (Å²) in [4.78, 5) is 24.3. The molecule has 0 rings (SSSR count). The molecule has 0 aliphatic heterocycles. The third-order valence-electron chi connectivity index (χ3n) is 2.52. The minimum Gasteiger partial charge on any atom is -0.347 e. The highest BCUT2D eigenvalue weighted by molar-refractivity contribution is 6.35. The van der Waals surface area contributed by atoms with Crippen molar-refractivity contribution in [2.75, 3.05) is 20.1 Å². The fraction of sp³-hybridized carbons (Fsp3) is 0.800. The summed E-state index contributed by atoms with van der Waals surface area (Å²) >= 11 is 0. The smallest absolute Gasteiger partial charge is 0.311 e. The van der Waals surface area contributed by atoms with E-state index in [2.05, 4.69) is 5.32 Å². The van der Waals surface area contributed by atoms with Gasteiger partial charge in [0.05, 0.1) is 0 Å². The van der Waals surface area contributed by atoms with Gasteiger partial charge in [-0.05, 0) is 12.8 Å². The second kappa shape index (κ2) is 6.40. The summed E-state index contributed by atoms with van der Waals surface area (Å²) < 4.78 is 0. The molecule has 0 saturated heterocycles. The van der Waals surface area contributed by atoms with Gasteiger partial charge in [-0.15, -0.1) is 0 Å². The van der Waals surface area contributed by atoms with E-state index in [9.17, 15) is 9.59 Å². The molecule has 0 bridgehead atoms. The molecule has 5 nitrogen and oxygen atoms in total. The lowest BCUT2D eigenvalue weighted by atomic mass is 10.1. The third-order valence-corrected chi connectivity index (χ3v) is 2.52. The molecule has 0 aliphatic carbocycles. The van der Waals surface area contributed by atoms with Crippen molar-refractivity contribution in [2.24, 2.45) is 11.7 Å². The van der Waals surface area contributed by atoms with E-state index in [-0.39, 0.29) is 6.04 Å².